The highest BCUT2D eigenvalue weighted by molar-refractivity contribution is 5.49. The molecular weight excluding hydrogens is 300 g/mol. The SMILES string of the molecule is COc1cccc(N[C@H](CNc2ccc(C#N)cn2)C(C)(C)C)c1. The van der Waals surface area contributed by atoms with Gasteiger partial charge in [-0.15, -0.1) is 0 Å². The molecule has 2 N–H and O–H groups in total. The number of nitrogens with one attached hydrogen (secondary N) is 2. The lowest BCUT2D eigenvalue weighted by molar-refractivity contribution is 0.350. The van der Waals surface area contributed by atoms with E-state index in [0.29, 0.717) is 12.1 Å². The van der Waals surface area contributed by atoms with Gasteiger partial charge in [0.05, 0.1) is 12.7 Å². The zero-order valence-electron chi connectivity index (χ0n) is 14.6. The van der Waals surface area contributed by atoms with E-state index >= 15 is 0 Å². The Morgan fingerprint density at radius 1 is 1.25 bits per heavy atom. The molecular formula is C19H24N4O. The van der Waals surface area contributed by atoms with Gasteiger partial charge in [0.1, 0.15) is 17.6 Å². The third kappa shape index (κ3) is 4.88. The molecule has 0 unspecified atom stereocenters. The molecule has 0 spiro atoms. The number of hydrogen-bond donors (Lipinski definition) is 2. The minimum atomic E-state index is 0.0443. The molecule has 0 saturated carbocycles. The van der Waals surface area contributed by atoms with Gasteiger partial charge < -0.3 is 15.4 Å². The fraction of sp³-hybridized carbons (Fsp3) is 0.368. The third-order valence-electron chi connectivity index (χ3n) is 3.84. The van der Waals surface area contributed by atoms with Gasteiger partial charge in [-0.2, -0.15) is 5.26 Å². The van der Waals surface area contributed by atoms with Crippen LogP contribution in [0, 0.1) is 16.7 Å². The Balaban J connectivity index is 2.06. The average molecular weight is 324 g/mol. The number of hydrogen-bond acceptors (Lipinski definition) is 5. The monoisotopic (exact) mass is 324 g/mol. The Hall–Kier alpha value is -2.74. The normalized spacial score (nSPS) is 12.1. The van der Waals surface area contributed by atoms with Crippen LogP contribution in [0.1, 0.15) is 26.3 Å². The summed E-state index contributed by atoms with van der Waals surface area (Å²) in [5.74, 6) is 1.59. The van der Waals surface area contributed by atoms with Crippen LogP contribution >= 0.6 is 0 Å². The molecule has 24 heavy (non-hydrogen) atoms. The first kappa shape index (κ1) is 17.6. The van der Waals surface area contributed by atoms with Gasteiger partial charge in [0, 0.05) is 30.5 Å². The molecule has 0 amide bonds. The fourth-order valence-electron chi connectivity index (χ4n) is 2.26. The zero-order chi connectivity index (χ0) is 17.6. The average Bonchev–Trinajstić information content (AvgIpc) is 2.58. The second-order valence-electron chi connectivity index (χ2n) is 6.72. The second-order valence-corrected chi connectivity index (χ2v) is 6.72. The van der Waals surface area contributed by atoms with Gasteiger partial charge in [-0.25, -0.2) is 4.98 Å². The van der Waals surface area contributed by atoms with E-state index < -0.39 is 0 Å². The van der Waals surface area contributed by atoms with Crippen LogP contribution in [0.2, 0.25) is 0 Å². The Morgan fingerprint density at radius 3 is 2.62 bits per heavy atom. The summed E-state index contributed by atoms with van der Waals surface area (Å²) in [5.41, 5.74) is 1.62. The molecule has 1 aromatic carbocycles. The smallest absolute Gasteiger partial charge is 0.126 e. The van der Waals surface area contributed by atoms with Crippen LogP contribution in [-0.2, 0) is 0 Å². The molecule has 2 rings (SSSR count). The molecule has 126 valence electrons. The molecule has 1 heterocycles. The number of ether oxygens (including phenoxy) is 1. The van der Waals surface area contributed by atoms with Crippen LogP contribution < -0.4 is 15.4 Å². The van der Waals surface area contributed by atoms with Crippen LogP contribution in [-0.4, -0.2) is 24.7 Å². The summed E-state index contributed by atoms with van der Waals surface area (Å²) in [5, 5.41) is 15.7. The van der Waals surface area contributed by atoms with E-state index in [0.717, 1.165) is 17.3 Å². The van der Waals surface area contributed by atoms with Gasteiger partial charge >= 0.3 is 0 Å². The maximum atomic E-state index is 8.83. The van der Waals surface area contributed by atoms with Gasteiger partial charge in [0.25, 0.3) is 0 Å². The van der Waals surface area contributed by atoms with E-state index in [9.17, 15) is 0 Å². The summed E-state index contributed by atoms with van der Waals surface area (Å²) in [4.78, 5) is 4.26. The maximum absolute atomic E-state index is 8.83. The predicted octanol–water partition coefficient (Wildman–Crippen LogP) is 3.90. The number of aromatic nitrogens is 1. The van der Waals surface area contributed by atoms with Crippen molar-refractivity contribution in [3.8, 4) is 11.8 Å². The van der Waals surface area contributed by atoms with E-state index in [-0.39, 0.29) is 11.5 Å². The number of nitriles is 1. The van der Waals surface area contributed by atoms with Crippen LogP contribution in [0.4, 0.5) is 11.5 Å². The lowest BCUT2D eigenvalue weighted by atomic mass is 9.86. The fourth-order valence-corrected chi connectivity index (χ4v) is 2.26. The summed E-state index contributed by atoms with van der Waals surface area (Å²) < 4.78 is 5.28. The van der Waals surface area contributed by atoms with Crippen molar-refractivity contribution in [1.82, 2.24) is 4.98 Å². The first-order valence-electron chi connectivity index (χ1n) is 7.93. The molecule has 2 aromatic rings. The van der Waals surface area contributed by atoms with Gasteiger partial charge in [0.2, 0.25) is 0 Å². The quantitative estimate of drug-likeness (QED) is 0.843. The zero-order valence-corrected chi connectivity index (χ0v) is 14.6. The van der Waals surface area contributed by atoms with Crippen LogP contribution in [0.15, 0.2) is 42.6 Å². The highest BCUT2D eigenvalue weighted by Crippen LogP contribution is 2.25. The number of rotatable bonds is 6. The number of nitrogens with zero attached hydrogens (tertiary/aromatic N) is 2. The molecule has 0 bridgehead atoms. The Kier molecular flexibility index (Phi) is 5.64. The lowest BCUT2D eigenvalue weighted by Gasteiger charge is -2.32. The maximum Gasteiger partial charge on any atom is 0.126 e. The van der Waals surface area contributed by atoms with Crippen molar-refractivity contribution < 1.29 is 4.74 Å². The van der Waals surface area contributed by atoms with E-state index in [4.69, 9.17) is 10.00 Å². The molecule has 0 aliphatic heterocycles. The van der Waals surface area contributed by atoms with Gasteiger partial charge in [-0.3, -0.25) is 0 Å². The summed E-state index contributed by atoms with van der Waals surface area (Å²) >= 11 is 0. The Morgan fingerprint density at radius 2 is 2.04 bits per heavy atom. The highest BCUT2D eigenvalue weighted by Gasteiger charge is 2.24. The Bertz CT molecular complexity index is 699. The van der Waals surface area contributed by atoms with Crippen molar-refractivity contribution in [2.45, 2.75) is 26.8 Å². The lowest BCUT2D eigenvalue weighted by Crippen LogP contribution is -2.40. The molecule has 1 atom stereocenters. The first-order chi connectivity index (χ1) is 11.4. The standard InChI is InChI=1S/C19H24N4O/c1-19(2,3)17(23-15-6-5-7-16(10-15)24-4)13-22-18-9-8-14(11-20)12-21-18/h5-10,12,17,23H,13H2,1-4H3,(H,21,22)/t17-/m1/s1. The van der Waals surface area contributed by atoms with E-state index in [1.807, 2.05) is 30.3 Å². The van der Waals surface area contributed by atoms with E-state index in [1.54, 1.807) is 19.4 Å². The molecule has 0 fully saturated rings. The predicted molar refractivity (Wildman–Crippen MR) is 97.3 cm³/mol. The summed E-state index contributed by atoms with van der Waals surface area (Å²) in [6, 6.07) is 13.7. The van der Waals surface area contributed by atoms with Crippen LogP contribution in [0.25, 0.3) is 0 Å². The minimum absolute atomic E-state index is 0.0443. The summed E-state index contributed by atoms with van der Waals surface area (Å²) in [6.07, 6.45) is 1.57. The largest absolute Gasteiger partial charge is 0.497 e. The molecule has 0 radical (unpaired) electrons. The number of methoxy groups -OCH3 is 1. The van der Waals surface area contributed by atoms with Gasteiger partial charge in [-0.1, -0.05) is 26.8 Å². The molecule has 0 saturated heterocycles. The Labute approximate surface area is 143 Å². The van der Waals surface area contributed by atoms with Crippen molar-refractivity contribution in [3.63, 3.8) is 0 Å². The first-order valence-corrected chi connectivity index (χ1v) is 7.93. The van der Waals surface area contributed by atoms with Crippen molar-refractivity contribution in [3.05, 3.63) is 48.2 Å². The molecule has 0 aliphatic rings. The van der Waals surface area contributed by atoms with Crippen LogP contribution in [0.5, 0.6) is 5.75 Å². The number of pyridine rings is 1. The van der Waals surface area contributed by atoms with E-state index in [2.05, 4.69) is 42.5 Å². The topological polar surface area (TPSA) is 70.0 Å². The third-order valence-corrected chi connectivity index (χ3v) is 3.84. The molecule has 5 nitrogen and oxygen atoms in total. The number of benzene rings is 1. The summed E-state index contributed by atoms with van der Waals surface area (Å²) in [7, 11) is 1.67. The van der Waals surface area contributed by atoms with Crippen molar-refractivity contribution in [1.29, 1.82) is 5.26 Å². The van der Waals surface area contributed by atoms with Crippen LogP contribution in [0.3, 0.4) is 0 Å². The van der Waals surface area contributed by atoms with Gasteiger partial charge in [-0.05, 0) is 29.7 Å². The molecule has 5 heteroatoms. The van der Waals surface area contributed by atoms with Crippen molar-refractivity contribution in [2.24, 2.45) is 5.41 Å². The van der Waals surface area contributed by atoms with Crippen molar-refractivity contribution >= 4 is 11.5 Å². The number of anilines is 2. The second kappa shape index (κ2) is 7.69. The van der Waals surface area contributed by atoms with E-state index in [1.165, 1.54) is 0 Å². The summed E-state index contributed by atoms with van der Waals surface area (Å²) in [6.45, 7) is 7.29. The van der Waals surface area contributed by atoms with Gasteiger partial charge in [0.15, 0.2) is 0 Å². The van der Waals surface area contributed by atoms with Crippen molar-refractivity contribution in [2.75, 3.05) is 24.3 Å². The minimum Gasteiger partial charge on any atom is -0.497 e. The molecule has 0 aliphatic carbocycles. The highest BCUT2D eigenvalue weighted by atomic mass is 16.5. The molecule has 1 aromatic heterocycles.